The predicted octanol–water partition coefficient (Wildman–Crippen LogP) is 12.3. The largest absolute Gasteiger partial charge is 0.472 e. The Bertz CT molecular complexity index is 1100. The van der Waals surface area contributed by atoms with E-state index >= 15 is 0 Å². The maximum absolute atomic E-state index is 12.7. The second-order valence-electron chi connectivity index (χ2n) is 14.5. The molecule has 0 fully saturated rings. The highest BCUT2D eigenvalue weighted by molar-refractivity contribution is 7.47. The van der Waals surface area contributed by atoms with Gasteiger partial charge in [0.1, 0.15) is 6.61 Å². The SMILES string of the molecule is CC/C=C\C/C=C\C/C=C\CCCCCCCC(=O)OCC(COP(=O)(O)OCCN(C)C)OC(=O)CCCCCCCCC/C=C\C/C=C\CCCCC. The number of allylic oxidation sites excluding steroid dienone is 10. The van der Waals surface area contributed by atoms with Crippen LogP contribution in [0.2, 0.25) is 0 Å². The number of carbonyl (C=O) groups excluding carboxylic acids is 2. The Morgan fingerprint density at radius 2 is 1.04 bits per heavy atom. The van der Waals surface area contributed by atoms with Gasteiger partial charge in [0.2, 0.25) is 0 Å². The van der Waals surface area contributed by atoms with Gasteiger partial charge in [-0.1, -0.05) is 139 Å². The molecule has 0 aromatic carbocycles. The van der Waals surface area contributed by atoms with Crippen LogP contribution in [0.1, 0.15) is 168 Å². The molecule has 0 spiro atoms. The number of esters is 2. The van der Waals surface area contributed by atoms with Crippen molar-refractivity contribution in [2.45, 2.75) is 174 Å². The first-order chi connectivity index (χ1) is 26.7. The van der Waals surface area contributed by atoms with Gasteiger partial charge < -0.3 is 19.3 Å². The fraction of sp³-hybridized carbons (Fsp3) is 0.733. The summed E-state index contributed by atoms with van der Waals surface area (Å²) >= 11 is 0. The first-order valence-corrected chi connectivity index (χ1v) is 23.1. The van der Waals surface area contributed by atoms with Crippen molar-refractivity contribution in [1.82, 2.24) is 4.90 Å². The smallest absolute Gasteiger partial charge is 0.462 e. The maximum Gasteiger partial charge on any atom is 0.472 e. The maximum atomic E-state index is 12.7. The molecule has 2 atom stereocenters. The third-order valence-electron chi connectivity index (χ3n) is 8.81. The standard InChI is InChI=1S/C45H80NO8P/c1-5-7-9-11-13-15-17-19-21-22-24-26-28-30-32-34-36-38-45(48)54-43(42-53-55(49,50)52-40-39-46(3)4)41-51-44(47)37-35-33-31-29-27-25-23-20-18-16-14-12-10-8-6-2/h8,10,13-16,19-21,23,43H,5-7,9,11-12,17-18,22,24-42H2,1-4H3,(H,49,50)/b10-8-,15-13-,16-14-,21-19-,23-20-. The van der Waals surface area contributed by atoms with Crippen LogP contribution < -0.4 is 0 Å². The van der Waals surface area contributed by atoms with Crippen LogP contribution in [0.15, 0.2) is 60.8 Å². The van der Waals surface area contributed by atoms with Gasteiger partial charge in [-0.3, -0.25) is 18.6 Å². The van der Waals surface area contributed by atoms with Crippen molar-refractivity contribution in [2.24, 2.45) is 0 Å². The number of hydrogen-bond acceptors (Lipinski definition) is 8. The fourth-order valence-corrected chi connectivity index (χ4v) is 6.24. The third kappa shape index (κ3) is 41.2. The Labute approximate surface area is 336 Å². The van der Waals surface area contributed by atoms with Crippen molar-refractivity contribution in [3.63, 3.8) is 0 Å². The van der Waals surface area contributed by atoms with Crippen LogP contribution in [-0.4, -0.2) is 68.3 Å². The van der Waals surface area contributed by atoms with Gasteiger partial charge >= 0.3 is 19.8 Å². The number of carbonyl (C=O) groups is 2. The molecular weight excluding hydrogens is 713 g/mol. The molecule has 0 heterocycles. The van der Waals surface area contributed by atoms with Crippen molar-refractivity contribution < 1.29 is 37.6 Å². The lowest BCUT2D eigenvalue weighted by molar-refractivity contribution is -0.161. The number of nitrogens with zero attached hydrogens (tertiary/aromatic N) is 1. The molecule has 0 aliphatic heterocycles. The molecule has 0 aromatic heterocycles. The van der Waals surface area contributed by atoms with Crippen LogP contribution in [0, 0.1) is 0 Å². The van der Waals surface area contributed by atoms with E-state index in [1.54, 1.807) is 0 Å². The highest BCUT2D eigenvalue weighted by Gasteiger charge is 2.26. The number of unbranched alkanes of at least 4 members (excludes halogenated alkanes) is 15. The molecule has 318 valence electrons. The molecule has 0 aromatic rings. The minimum Gasteiger partial charge on any atom is -0.462 e. The number of likely N-dealkylation sites (N-methyl/N-ethyl adjacent to an activating group) is 1. The van der Waals surface area contributed by atoms with Crippen LogP contribution in [0.3, 0.4) is 0 Å². The number of ether oxygens (including phenoxy) is 2. The summed E-state index contributed by atoms with van der Waals surface area (Å²) < 4.78 is 33.4. The molecule has 0 saturated carbocycles. The van der Waals surface area contributed by atoms with Crippen molar-refractivity contribution in [2.75, 3.05) is 40.5 Å². The summed E-state index contributed by atoms with van der Waals surface area (Å²) in [5.74, 6) is -0.835. The van der Waals surface area contributed by atoms with Crippen molar-refractivity contribution >= 4 is 19.8 Å². The van der Waals surface area contributed by atoms with Gasteiger partial charge in [-0.25, -0.2) is 4.57 Å². The normalized spacial score (nSPS) is 14.0. The molecule has 1 N–H and O–H groups in total. The lowest BCUT2D eigenvalue weighted by atomic mass is 10.1. The molecule has 0 saturated heterocycles. The number of rotatable bonds is 39. The van der Waals surface area contributed by atoms with Gasteiger partial charge in [0.25, 0.3) is 0 Å². The lowest BCUT2D eigenvalue weighted by Crippen LogP contribution is -2.29. The van der Waals surface area contributed by atoms with E-state index in [-0.39, 0.29) is 26.1 Å². The fourth-order valence-electron chi connectivity index (χ4n) is 5.50. The van der Waals surface area contributed by atoms with E-state index in [1.807, 2.05) is 19.0 Å². The summed E-state index contributed by atoms with van der Waals surface area (Å²) in [6.07, 6.45) is 45.4. The Kier molecular flexibility index (Phi) is 38.3. The van der Waals surface area contributed by atoms with Crippen LogP contribution in [-0.2, 0) is 32.7 Å². The van der Waals surface area contributed by atoms with Crippen molar-refractivity contribution in [3.05, 3.63) is 60.8 Å². The first kappa shape index (κ1) is 52.7. The molecule has 2 unspecified atom stereocenters. The molecule has 0 amide bonds. The molecule has 0 bridgehead atoms. The summed E-state index contributed by atoms with van der Waals surface area (Å²) in [4.78, 5) is 37.0. The Hall–Kier alpha value is -2.29. The second kappa shape index (κ2) is 39.9. The zero-order chi connectivity index (χ0) is 40.5. The molecule has 0 aliphatic carbocycles. The molecule has 55 heavy (non-hydrogen) atoms. The van der Waals surface area contributed by atoms with Crippen LogP contribution in [0.25, 0.3) is 0 Å². The monoisotopic (exact) mass is 794 g/mol. The summed E-state index contributed by atoms with van der Waals surface area (Å²) in [5.41, 5.74) is 0. The average molecular weight is 794 g/mol. The quantitative estimate of drug-likeness (QED) is 0.0281. The molecular formula is C45H80NO8P. The lowest BCUT2D eigenvalue weighted by Gasteiger charge is -2.20. The third-order valence-corrected chi connectivity index (χ3v) is 9.79. The predicted molar refractivity (Wildman–Crippen MR) is 229 cm³/mol. The average Bonchev–Trinajstić information content (AvgIpc) is 3.15. The molecule has 10 heteroatoms. The van der Waals surface area contributed by atoms with Crippen molar-refractivity contribution in [3.8, 4) is 0 Å². The number of phosphoric acid groups is 1. The van der Waals surface area contributed by atoms with Gasteiger partial charge in [0.05, 0.1) is 13.2 Å². The van der Waals surface area contributed by atoms with Gasteiger partial charge in [-0.2, -0.15) is 0 Å². The van der Waals surface area contributed by atoms with E-state index in [1.165, 1.54) is 44.9 Å². The van der Waals surface area contributed by atoms with E-state index in [2.05, 4.69) is 74.6 Å². The summed E-state index contributed by atoms with van der Waals surface area (Å²) in [6, 6.07) is 0. The highest BCUT2D eigenvalue weighted by atomic mass is 31.2. The van der Waals surface area contributed by atoms with Gasteiger partial charge in [0, 0.05) is 19.4 Å². The van der Waals surface area contributed by atoms with Crippen LogP contribution in [0.4, 0.5) is 0 Å². The summed E-state index contributed by atoms with van der Waals surface area (Å²) in [6.45, 7) is 4.14. The van der Waals surface area contributed by atoms with Crippen LogP contribution >= 0.6 is 7.82 Å². The van der Waals surface area contributed by atoms with E-state index in [0.29, 0.717) is 19.4 Å². The molecule has 0 radical (unpaired) electrons. The number of phosphoric ester groups is 1. The second-order valence-corrected chi connectivity index (χ2v) is 15.9. The molecule has 0 aliphatic rings. The van der Waals surface area contributed by atoms with Crippen LogP contribution in [0.5, 0.6) is 0 Å². The van der Waals surface area contributed by atoms with Gasteiger partial charge in [0.15, 0.2) is 6.10 Å². The van der Waals surface area contributed by atoms with Crippen molar-refractivity contribution in [1.29, 1.82) is 0 Å². The van der Waals surface area contributed by atoms with E-state index in [0.717, 1.165) is 83.5 Å². The Balaban J connectivity index is 4.34. The minimum absolute atomic E-state index is 0.000114. The van der Waals surface area contributed by atoms with Gasteiger partial charge in [-0.05, 0) is 91.1 Å². The zero-order valence-corrected chi connectivity index (χ0v) is 36.2. The Morgan fingerprint density at radius 1 is 0.582 bits per heavy atom. The first-order valence-electron chi connectivity index (χ1n) is 21.6. The topological polar surface area (TPSA) is 112 Å². The molecule has 9 nitrogen and oxygen atoms in total. The minimum atomic E-state index is -4.37. The summed E-state index contributed by atoms with van der Waals surface area (Å²) in [5, 5.41) is 0. The number of hydrogen-bond donors (Lipinski definition) is 1. The van der Waals surface area contributed by atoms with E-state index in [9.17, 15) is 19.0 Å². The van der Waals surface area contributed by atoms with E-state index < -0.39 is 32.5 Å². The highest BCUT2D eigenvalue weighted by Crippen LogP contribution is 2.43. The molecule has 0 rings (SSSR count). The van der Waals surface area contributed by atoms with E-state index in [4.69, 9.17) is 18.5 Å². The zero-order valence-electron chi connectivity index (χ0n) is 35.3. The van der Waals surface area contributed by atoms with Gasteiger partial charge in [-0.15, -0.1) is 0 Å². The summed E-state index contributed by atoms with van der Waals surface area (Å²) in [7, 11) is -0.730. The Morgan fingerprint density at radius 3 is 1.55 bits per heavy atom.